The van der Waals surface area contributed by atoms with Gasteiger partial charge in [-0.1, -0.05) is 12.1 Å². The third-order valence-corrected chi connectivity index (χ3v) is 4.11. The van der Waals surface area contributed by atoms with Gasteiger partial charge in [0.2, 0.25) is 0 Å². The molecule has 2 aromatic rings. The Kier molecular flexibility index (Phi) is 3.77. The Bertz CT molecular complexity index is 757. The number of rotatable bonds is 4. The van der Waals surface area contributed by atoms with Crippen LogP contribution in [0.15, 0.2) is 41.4 Å². The zero-order chi connectivity index (χ0) is 14.8. The van der Waals surface area contributed by atoms with Crippen molar-refractivity contribution >= 4 is 15.8 Å². The largest absolute Gasteiger partial charge is 0.264 e. The molecule has 6 nitrogen and oxygen atoms in total. The number of anilines is 1. The second-order valence-electron chi connectivity index (χ2n) is 4.47. The van der Waals surface area contributed by atoms with E-state index in [9.17, 15) is 8.42 Å². The number of nitriles is 1. The van der Waals surface area contributed by atoms with Crippen LogP contribution in [0, 0.1) is 11.3 Å². The SMILES string of the molecule is CC(C)n1nccc1NS(=O)(=O)c1ccccc1C#N. The fraction of sp³-hybridized carbons (Fsp3) is 0.231. The minimum absolute atomic E-state index is 0.0221. The Morgan fingerprint density at radius 2 is 2.00 bits per heavy atom. The van der Waals surface area contributed by atoms with E-state index in [1.54, 1.807) is 22.9 Å². The van der Waals surface area contributed by atoms with Crippen molar-refractivity contribution in [1.82, 2.24) is 9.78 Å². The van der Waals surface area contributed by atoms with Crippen LogP contribution in [0.5, 0.6) is 0 Å². The number of aromatic nitrogens is 2. The molecule has 2 rings (SSSR count). The van der Waals surface area contributed by atoms with Gasteiger partial charge in [-0.15, -0.1) is 0 Å². The smallest absolute Gasteiger partial charge is 0.264 e. The number of benzene rings is 1. The monoisotopic (exact) mass is 290 g/mol. The summed E-state index contributed by atoms with van der Waals surface area (Å²) >= 11 is 0. The predicted molar refractivity (Wildman–Crippen MR) is 74.6 cm³/mol. The zero-order valence-corrected chi connectivity index (χ0v) is 11.9. The summed E-state index contributed by atoms with van der Waals surface area (Å²) in [7, 11) is -3.82. The Morgan fingerprint density at radius 3 is 2.65 bits per heavy atom. The van der Waals surface area contributed by atoms with Gasteiger partial charge in [-0.3, -0.25) is 4.72 Å². The Hall–Kier alpha value is -2.33. The van der Waals surface area contributed by atoms with E-state index in [-0.39, 0.29) is 16.5 Å². The second kappa shape index (κ2) is 5.35. The zero-order valence-electron chi connectivity index (χ0n) is 11.1. The van der Waals surface area contributed by atoms with Crippen molar-refractivity contribution in [2.24, 2.45) is 0 Å². The molecular formula is C13H14N4O2S. The van der Waals surface area contributed by atoms with Crippen molar-refractivity contribution in [3.8, 4) is 6.07 Å². The van der Waals surface area contributed by atoms with Gasteiger partial charge in [0.25, 0.3) is 10.0 Å². The molecule has 0 spiro atoms. The summed E-state index contributed by atoms with van der Waals surface area (Å²) < 4.78 is 28.7. The molecule has 1 N–H and O–H groups in total. The van der Waals surface area contributed by atoms with E-state index in [2.05, 4.69) is 9.82 Å². The molecule has 0 bridgehead atoms. The van der Waals surface area contributed by atoms with E-state index in [0.717, 1.165) is 0 Å². The first kappa shape index (κ1) is 14.1. The number of nitrogens with one attached hydrogen (secondary N) is 1. The first-order chi connectivity index (χ1) is 9.45. The molecule has 0 amide bonds. The summed E-state index contributed by atoms with van der Waals surface area (Å²) in [5.41, 5.74) is 0.107. The number of hydrogen-bond donors (Lipinski definition) is 1. The highest BCUT2D eigenvalue weighted by Crippen LogP contribution is 2.20. The summed E-state index contributed by atoms with van der Waals surface area (Å²) in [6, 6.07) is 9.54. The molecule has 0 unspecified atom stereocenters. The molecule has 1 aromatic heterocycles. The van der Waals surface area contributed by atoms with Gasteiger partial charge in [-0.05, 0) is 26.0 Å². The molecule has 0 saturated carbocycles. The van der Waals surface area contributed by atoms with Crippen molar-refractivity contribution in [2.75, 3.05) is 4.72 Å². The summed E-state index contributed by atoms with van der Waals surface area (Å²) in [6.07, 6.45) is 1.52. The minimum atomic E-state index is -3.82. The third kappa shape index (κ3) is 2.65. The standard InChI is InChI=1S/C13H14N4O2S/c1-10(2)17-13(7-8-15-17)16-20(18,19)12-6-4-3-5-11(12)9-14/h3-8,10,16H,1-2H3. The van der Waals surface area contributed by atoms with Crippen LogP contribution < -0.4 is 4.72 Å². The van der Waals surface area contributed by atoms with Gasteiger partial charge in [-0.25, -0.2) is 13.1 Å². The topological polar surface area (TPSA) is 87.8 Å². The number of nitrogens with zero attached hydrogens (tertiary/aromatic N) is 3. The van der Waals surface area contributed by atoms with E-state index >= 15 is 0 Å². The van der Waals surface area contributed by atoms with Crippen molar-refractivity contribution in [1.29, 1.82) is 5.26 Å². The molecule has 0 atom stereocenters. The van der Waals surface area contributed by atoms with Crippen LogP contribution in [0.25, 0.3) is 0 Å². The van der Waals surface area contributed by atoms with Crippen LogP contribution >= 0.6 is 0 Å². The van der Waals surface area contributed by atoms with Gasteiger partial charge in [0.05, 0.1) is 11.8 Å². The fourth-order valence-corrected chi connectivity index (χ4v) is 3.00. The lowest BCUT2D eigenvalue weighted by atomic mass is 10.2. The first-order valence-electron chi connectivity index (χ1n) is 6.01. The van der Waals surface area contributed by atoms with Gasteiger partial charge < -0.3 is 0 Å². The lowest BCUT2D eigenvalue weighted by molar-refractivity contribution is 0.539. The molecule has 0 aliphatic carbocycles. The molecule has 0 saturated heterocycles. The molecule has 104 valence electrons. The third-order valence-electron chi connectivity index (χ3n) is 2.70. The maximum Gasteiger partial charge on any atom is 0.264 e. The van der Waals surface area contributed by atoms with Crippen LogP contribution in [0.2, 0.25) is 0 Å². The van der Waals surface area contributed by atoms with Crippen molar-refractivity contribution in [3.05, 3.63) is 42.1 Å². The van der Waals surface area contributed by atoms with Gasteiger partial charge in [0.15, 0.2) is 0 Å². The highest BCUT2D eigenvalue weighted by molar-refractivity contribution is 7.92. The van der Waals surface area contributed by atoms with Crippen molar-refractivity contribution in [2.45, 2.75) is 24.8 Å². The quantitative estimate of drug-likeness (QED) is 0.934. The van der Waals surface area contributed by atoms with Gasteiger partial charge in [-0.2, -0.15) is 10.4 Å². The molecule has 0 aliphatic rings. The molecular weight excluding hydrogens is 276 g/mol. The Balaban J connectivity index is 2.42. The van der Waals surface area contributed by atoms with Gasteiger partial charge >= 0.3 is 0 Å². The Labute approximate surface area is 117 Å². The lowest BCUT2D eigenvalue weighted by Crippen LogP contribution is -2.18. The van der Waals surface area contributed by atoms with Gasteiger partial charge in [0.1, 0.15) is 16.8 Å². The van der Waals surface area contributed by atoms with Crippen molar-refractivity contribution < 1.29 is 8.42 Å². The van der Waals surface area contributed by atoms with Crippen LogP contribution in [-0.4, -0.2) is 18.2 Å². The molecule has 20 heavy (non-hydrogen) atoms. The number of sulfonamides is 1. The van der Waals surface area contributed by atoms with Crippen LogP contribution in [-0.2, 0) is 10.0 Å². The van der Waals surface area contributed by atoms with Crippen LogP contribution in [0.3, 0.4) is 0 Å². The van der Waals surface area contributed by atoms with Crippen LogP contribution in [0.1, 0.15) is 25.5 Å². The first-order valence-corrected chi connectivity index (χ1v) is 7.49. The average Bonchev–Trinajstić information content (AvgIpc) is 2.86. The second-order valence-corrected chi connectivity index (χ2v) is 6.12. The number of hydrogen-bond acceptors (Lipinski definition) is 4. The highest BCUT2D eigenvalue weighted by Gasteiger charge is 2.20. The van der Waals surface area contributed by atoms with Crippen molar-refractivity contribution in [3.63, 3.8) is 0 Å². The maximum absolute atomic E-state index is 12.4. The van der Waals surface area contributed by atoms with E-state index in [1.165, 1.54) is 18.3 Å². The average molecular weight is 290 g/mol. The summed E-state index contributed by atoms with van der Waals surface area (Å²) in [5, 5.41) is 13.1. The molecule has 7 heteroatoms. The van der Waals surface area contributed by atoms with E-state index in [4.69, 9.17) is 5.26 Å². The van der Waals surface area contributed by atoms with E-state index in [0.29, 0.717) is 5.82 Å². The summed E-state index contributed by atoms with van der Waals surface area (Å²) in [4.78, 5) is -0.0426. The molecule has 0 aliphatic heterocycles. The predicted octanol–water partition coefficient (Wildman–Crippen LogP) is 2.14. The summed E-state index contributed by atoms with van der Waals surface area (Å²) in [5.74, 6) is 0.368. The van der Waals surface area contributed by atoms with Gasteiger partial charge in [0, 0.05) is 12.1 Å². The molecule has 0 radical (unpaired) electrons. The normalized spacial score (nSPS) is 11.3. The highest BCUT2D eigenvalue weighted by atomic mass is 32.2. The lowest BCUT2D eigenvalue weighted by Gasteiger charge is -2.13. The van der Waals surface area contributed by atoms with Crippen LogP contribution in [0.4, 0.5) is 5.82 Å². The van der Waals surface area contributed by atoms with E-state index < -0.39 is 10.0 Å². The molecule has 1 aromatic carbocycles. The maximum atomic E-state index is 12.4. The summed E-state index contributed by atoms with van der Waals surface area (Å²) in [6.45, 7) is 3.79. The Morgan fingerprint density at radius 1 is 1.30 bits per heavy atom. The molecule has 1 heterocycles. The molecule has 0 fully saturated rings. The minimum Gasteiger partial charge on any atom is -0.264 e. The van der Waals surface area contributed by atoms with E-state index in [1.807, 2.05) is 19.9 Å². The fourth-order valence-electron chi connectivity index (χ4n) is 1.79.